The second-order valence-corrected chi connectivity index (χ2v) is 12.4. The van der Waals surface area contributed by atoms with Gasteiger partial charge in [-0.15, -0.1) is 0 Å². The van der Waals surface area contributed by atoms with Crippen LogP contribution in [-0.4, -0.2) is 68.8 Å². The summed E-state index contributed by atoms with van der Waals surface area (Å²) in [5.41, 5.74) is 2.16. The summed E-state index contributed by atoms with van der Waals surface area (Å²) in [6.45, 7) is 0.634. The van der Waals surface area contributed by atoms with Crippen LogP contribution in [0.15, 0.2) is 65.1 Å². The van der Waals surface area contributed by atoms with Crippen molar-refractivity contribution < 1.29 is 36.3 Å². The van der Waals surface area contributed by atoms with Crippen molar-refractivity contribution in [3.63, 3.8) is 0 Å². The number of aliphatic hydroxyl groups is 1. The summed E-state index contributed by atoms with van der Waals surface area (Å²) in [4.78, 5) is 28.3. The number of hydrogen-bond acceptors (Lipinski definition) is 6. The number of Topliss-reactive ketones (excluding diaryl/α,β-unsaturated/α-hetero) is 1. The largest absolute Gasteiger partial charge is 0.455 e. The lowest BCUT2D eigenvalue weighted by Crippen LogP contribution is -2.37. The number of aliphatic hydroxyl groups excluding tert-OH is 1. The fourth-order valence-corrected chi connectivity index (χ4v) is 6.56. The summed E-state index contributed by atoms with van der Waals surface area (Å²) in [5.74, 6) is -0.770. The molecule has 226 valence electrons. The molecule has 1 aromatic heterocycles. The highest BCUT2D eigenvalue weighted by molar-refractivity contribution is 7.92. The molecule has 0 radical (unpaired) electrons. The first-order chi connectivity index (χ1) is 20.6. The Balaban J connectivity index is 1.76. The van der Waals surface area contributed by atoms with Crippen LogP contribution >= 0.6 is 0 Å². The normalized spacial score (nSPS) is 15.3. The van der Waals surface area contributed by atoms with Crippen molar-refractivity contribution in [1.82, 2.24) is 4.90 Å². The number of carbonyl (C=O) groups is 2. The molecule has 1 aliphatic rings. The number of amides is 1. The molecular weight excluding hydrogens is 578 g/mol. The average Bonchev–Trinajstić information content (AvgIpc) is 3.63. The van der Waals surface area contributed by atoms with E-state index >= 15 is 0 Å². The third-order valence-corrected chi connectivity index (χ3v) is 8.92. The van der Waals surface area contributed by atoms with E-state index < -0.39 is 29.1 Å². The van der Waals surface area contributed by atoms with Crippen molar-refractivity contribution in [2.45, 2.75) is 32.2 Å². The molecular formula is C32H32F2N2O6S. The maximum atomic E-state index is 13.7. The molecule has 43 heavy (non-hydrogen) atoms. The second-order valence-electron chi connectivity index (χ2n) is 10.5. The number of anilines is 1. The lowest BCUT2D eigenvalue weighted by molar-refractivity contribution is 0.0677. The number of nitrogens with zero attached hydrogens (tertiary/aromatic N) is 2. The number of alkyl halides is 1. The summed E-state index contributed by atoms with van der Waals surface area (Å²) in [6.07, 6.45) is 2.58. The Morgan fingerprint density at radius 3 is 2.49 bits per heavy atom. The van der Waals surface area contributed by atoms with Crippen molar-refractivity contribution in [2.24, 2.45) is 0 Å². The SMILES string of the molecule is CCC(=O)c1c(-c2ccc(F)cc2)oc2cc(N(CCF)S(C)(=O)=O)c(-c3cccc(C(=O)N4CCC[C@H]4CO)c3)cc12. The number of carbonyl (C=O) groups excluding carboxylic acids is 2. The van der Waals surface area contributed by atoms with E-state index in [0.717, 1.165) is 17.0 Å². The third kappa shape index (κ3) is 5.92. The molecule has 5 rings (SSSR count). The van der Waals surface area contributed by atoms with Gasteiger partial charge >= 0.3 is 0 Å². The van der Waals surface area contributed by atoms with Gasteiger partial charge in [0.05, 0.1) is 36.7 Å². The van der Waals surface area contributed by atoms with Gasteiger partial charge in [0.2, 0.25) is 10.0 Å². The van der Waals surface area contributed by atoms with E-state index in [1.54, 1.807) is 42.2 Å². The topological polar surface area (TPSA) is 108 Å². The molecule has 1 N–H and O–H groups in total. The predicted octanol–water partition coefficient (Wildman–Crippen LogP) is 5.83. The van der Waals surface area contributed by atoms with Gasteiger partial charge in [0.15, 0.2) is 5.78 Å². The lowest BCUT2D eigenvalue weighted by Gasteiger charge is -2.25. The molecule has 0 bridgehead atoms. The highest BCUT2D eigenvalue weighted by Gasteiger charge is 2.30. The van der Waals surface area contributed by atoms with Crippen LogP contribution in [0.2, 0.25) is 0 Å². The lowest BCUT2D eigenvalue weighted by atomic mass is 9.95. The minimum Gasteiger partial charge on any atom is -0.455 e. The van der Waals surface area contributed by atoms with E-state index in [9.17, 15) is 31.9 Å². The molecule has 0 unspecified atom stereocenters. The molecule has 1 atom stereocenters. The van der Waals surface area contributed by atoms with Crippen molar-refractivity contribution >= 4 is 38.4 Å². The molecule has 4 aromatic rings. The molecule has 1 aliphatic heterocycles. The highest BCUT2D eigenvalue weighted by Crippen LogP contribution is 2.42. The Morgan fingerprint density at radius 2 is 1.84 bits per heavy atom. The van der Waals surface area contributed by atoms with Gasteiger partial charge in [0.1, 0.15) is 23.8 Å². The number of rotatable bonds is 10. The average molecular weight is 611 g/mol. The van der Waals surface area contributed by atoms with Gasteiger partial charge in [0, 0.05) is 41.1 Å². The predicted molar refractivity (Wildman–Crippen MR) is 161 cm³/mol. The van der Waals surface area contributed by atoms with Crippen LogP contribution in [-0.2, 0) is 10.0 Å². The molecule has 3 aromatic carbocycles. The molecule has 0 spiro atoms. The zero-order chi connectivity index (χ0) is 30.9. The number of sulfonamides is 1. The van der Waals surface area contributed by atoms with Crippen LogP contribution in [0.25, 0.3) is 33.4 Å². The molecule has 0 aliphatic carbocycles. The Bertz CT molecular complexity index is 1790. The number of hydrogen-bond donors (Lipinski definition) is 1. The van der Waals surface area contributed by atoms with Crippen LogP contribution in [0.5, 0.6) is 0 Å². The van der Waals surface area contributed by atoms with Gasteiger partial charge < -0.3 is 14.4 Å². The summed E-state index contributed by atoms with van der Waals surface area (Å²) in [7, 11) is -3.97. The number of fused-ring (bicyclic) bond motifs is 1. The first kappa shape index (κ1) is 30.4. The molecule has 8 nitrogen and oxygen atoms in total. The molecule has 2 heterocycles. The Hall–Kier alpha value is -4.09. The van der Waals surface area contributed by atoms with E-state index in [1.807, 2.05) is 0 Å². The first-order valence-corrected chi connectivity index (χ1v) is 15.9. The quantitative estimate of drug-likeness (QED) is 0.227. The first-order valence-electron chi connectivity index (χ1n) is 14.0. The Kier molecular flexibility index (Phi) is 8.66. The van der Waals surface area contributed by atoms with Gasteiger partial charge in [0.25, 0.3) is 5.91 Å². The number of ketones is 1. The zero-order valence-electron chi connectivity index (χ0n) is 23.8. The Labute approximate surface area is 248 Å². The van der Waals surface area contributed by atoms with Crippen molar-refractivity contribution in [1.29, 1.82) is 0 Å². The van der Waals surface area contributed by atoms with Crippen LogP contribution in [0, 0.1) is 5.82 Å². The monoisotopic (exact) mass is 610 g/mol. The number of halogens is 2. The number of furan rings is 1. The smallest absolute Gasteiger partial charge is 0.254 e. The molecule has 1 saturated heterocycles. The van der Waals surface area contributed by atoms with E-state index in [1.165, 1.54) is 30.3 Å². The van der Waals surface area contributed by atoms with Crippen LogP contribution in [0.1, 0.15) is 46.9 Å². The maximum absolute atomic E-state index is 13.7. The second kappa shape index (κ2) is 12.3. The van der Waals surface area contributed by atoms with Gasteiger partial charge in [-0.25, -0.2) is 17.2 Å². The van der Waals surface area contributed by atoms with Gasteiger partial charge in [-0.05, 0) is 60.9 Å². The molecule has 11 heteroatoms. The summed E-state index contributed by atoms with van der Waals surface area (Å²) in [5, 5.41) is 10.1. The number of likely N-dealkylation sites (tertiary alicyclic amines) is 1. The standard InChI is InChI=1S/C32H32F2N2O6S/c1-3-28(38)30-26-17-25(21-6-4-7-22(16-21)32(39)35-14-5-8-24(35)19-37)27(36(15-13-33)43(2,40)41)18-29(26)42-31(30)20-9-11-23(34)12-10-20/h4,6-7,9-12,16-18,24,37H,3,5,8,13-15,19H2,1-2H3/t24-/m0/s1. The summed E-state index contributed by atoms with van der Waals surface area (Å²) >= 11 is 0. The van der Waals surface area contributed by atoms with Gasteiger partial charge in [-0.3, -0.25) is 13.9 Å². The van der Waals surface area contributed by atoms with E-state index in [2.05, 4.69) is 0 Å². The maximum Gasteiger partial charge on any atom is 0.254 e. The molecule has 1 fully saturated rings. The third-order valence-electron chi connectivity index (χ3n) is 7.74. The molecule has 1 amide bonds. The van der Waals surface area contributed by atoms with Crippen LogP contribution in [0.4, 0.5) is 14.5 Å². The molecule has 0 saturated carbocycles. The fraction of sp³-hybridized carbons (Fsp3) is 0.312. The zero-order valence-corrected chi connectivity index (χ0v) is 24.7. The Morgan fingerprint density at radius 1 is 1.09 bits per heavy atom. The van der Waals surface area contributed by atoms with Crippen molar-refractivity contribution in [2.75, 3.05) is 36.9 Å². The fourth-order valence-electron chi connectivity index (χ4n) is 5.65. The van der Waals surface area contributed by atoms with Gasteiger partial charge in [-0.2, -0.15) is 0 Å². The van der Waals surface area contributed by atoms with E-state index in [0.29, 0.717) is 40.6 Å². The highest BCUT2D eigenvalue weighted by atomic mass is 32.2. The van der Waals surface area contributed by atoms with E-state index in [4.69, 9.17) is 4.42 Å². The van der Waals surface area contributed by atoms with Crippen LogP contribution < -0.4 is 4.31 Å². The van der Waals surface area contributed by atoms with Gasteiger partial charge in [-0.1, -0.05) is 19.1 Å². The minimum absolute atomic E-state index is 0.113. The van der Waals surface area contributed by atoms with Crippen molar-refractivity contribution in [3.8, 4) is 22.5 Å². The van der Waals surface area contributed by atoms with Crippen LogP contribution in [0.3, 0.4) is 0 Å². The van der Waals surface area contributed by atoms with E-state index in [-0.39, 0.29) is 53.4 Å². The summed E-state index contributed by atoms with van der Waals surface area (Å²) < 4.78 is 60.3. The van der Waals surface area contributed by atoms with Crippen molar-refractivity contribution in [3.05, 3.63) is 77.6 Å². The summed E-state index contributed by atoms with van der Waals surface area (Å²) in [6, 6.07) is 14.9. The number of benzene rings is 3. The minimum atomic E-state index is -3.97.